The van der Waals surface area contributed by atoms with Crippen LogP contribution in [0, 0.1) is 0 Å². The lowest BCUT2D eigenvalue weighted by Crippen LogP contribution is -2.28. The van der Waals surface area contributed by atoms with E-state index in [4.69, 9.17) is 16.3 Å². The van der Waals surface area contributed by atoms with Crippen LogP contribution < -0.4 is 5.32 Å². The van der Waals surface area contributed by atoms with Gasteiger partial charge in [-0.2, -0.15) is 0 Å². The third-order valence-corrected chi connectivity index (χ3v) is 3.13. The van der Waals surface area contributed by atoms with Gasteiger partial charge in [0.25, 0.3) is 0 Å². The molecule has 0 unspecified atom stereocenters. The summed E-state index contributed by atoms with van der Waals surface area (Å²) in [5.74, 6) is 0. The Hall–Kier alpha value is -0.570. The molecule has 0 radical (unpaired) electrons. The summed E-state index contributed by atoms with van der Waals surface area (Å²) in [4.78, 5) is 0. The van der Waals surface area contributed by atoms with Gasteiger partial charge in [0.1, 0.15) is 0 Å². The zero-order chi connectivity index (χ0) is 10.7. The topological polar surface area (TPSA) is 21.3 Å². The van der Waals surface area contributed by atoms with Crippen molar-refractivity contribution in [1.29, 1.82) is 0 Å². The third-order valence-electron chi connectivity index (χ3n) is 2.88. The minimum Gasteiger partial charge on any atom is -0.376 e. The Morgan fingerprint density at radius 1 is 1.40 bits per heavy atom. The van der Waals surface area contributed by atoms with E-state index < -0.39 is 0 Å². The number of halogens is 1. The Kier molecular flexibility index (Phi) is 3.62. The first-order chi connectivity index (χ1) is 7.31. The van der Waals surface area contributed by atoms with Gasteiger partial charge in [0.05, 0.1) is 12.1 Å². The number of likely N-dealkylation sites (N-methyl/N-ethyl adjacent to an activating group) is 1. The van der Waals surface area contributed by atoms with E-state index in [9.17, 15) is 0 Å². The summed E-state index contributed by atoms with van der Waals surface area (Å²) < 4.78 is 5.70. The maximum atomic E-state index is 5.87. The van der Waals surface area contributed by atoms with Crippen molar-refractivity contribution in [3.63, 3.8) is 0 Å². The van der Waals surface area contributed by atoms with Gasteiger partial charge >= 0.3 is 0 Å². The first-order valence-corrected chi connectivity index (χ1v) is 5.73. The van der Waals surface area contributed by atoms with E-state index >= 15 is 0 Å². The highest BCUT2D eigenvalue weighted by Crippen LogP contribution is 2.27. The molecule has 0 saturated carbocycles. The van der Waals surface area contributed by atoms with E-state index in [-0.39, 0.29) is 6.04 Å². The number of benzene rings is 1. The molecule has 1 aromatic carbocycles. The fourth-order valence-electron chi connectivity index (χ4n) is 2.10. The van der Waals surface area contributed by atoms with Gasteiger partial charge in [-0.15, -0.1) is 0 Å². The second-order valence-electron chi connectivity index (χ2n) is 3.87. The van der Waals surface area contributed by atoms with Crippen LogP contribution in [0.2, 0.25) is 5.02 Å². The number of rotatable bonds is 3. The van der Waals surface area contributed by atoms with E-state index in [2.05, 4.69) is 17.4 Å². The van der Waals surface area contributed by atoms with Crippen molar-refractivity contribution in [3.8, 4) is 0 Å². The molecule has 1 aromatic rings. The summed E-state index contributed by atoms with van der Waals surface area (Å²) in [7, 11) is 1.97. The lowest BCUT2D eigenvalue weighted by molar-refractivity contribution is 0.0808. The fourth-order valence-corrected chi connectivity index (χ4v) is 2.23. The molecule has 0 bridgehead atoms. The maximum absolute atomic E-state index is 5.87. The number of nitrogens with one attached hydrogen (secondary N) is 1. The van der Waals surface area contributed by atoms with Gasteiger partial charge in [-0.05, 0) is 37.6 Å². The maximum Gasteiger partial charge on any atom is 0.0770 e. The molecule has 82 valence electrons. The zero-order valence-electron chi connectivity index (χ0n) is 8.87. The van der Waals surface area contributed by atoms with Gasteiger partial charge in [0.2, 0.25) is 0 Å². The molecular formula is C12H16ClNO. The minimum atomic E-state index is 0.282. The molecule has 0 aliphatic carbocycles. The highest BCUT2D eigenvalue weighted by molar-refractivity contribution is 6.30. The van der Waals surface area contributed by atoms with Crippen LogP contribution in [0.1, 0.15) is 24.4 Å². The summed E-state index contributed by atoms with van der Waals surface area (Å²) >= 11 is 5.87. The molecule has 0 spiro atoms. The Bertz CT molecular complexity index is 306. The Morgan fingerprint density at radius 3 is 2.67 bits per heavy atom. The van der Waals surface area contributed by atoms with Gasteiger partial charge in [-0.1, -0.05) is 23.7 Å². The first kappa shape index (κ1) is 10.9. The van der Waals surface area contributed by atoms with Crippen molar-refractivity contribution in [3.05, 3.63) is 34.9 Å². The van der Waals surface area contributed by atoms with Gasteiger partial charge in [-0.25, -0.2) is 0 Å². The summed E-state index contributed by atoms with van der Waals surface area (Å²) in [5.41, 5.74) is 1.24. The van der Waals surface area contributed by atoms with Crippen LogP contribution in [0.3, 0.4) is 0 Å². The summed E-state index contributed by atoms with van der Waals surface area (Å²) in [6, 6.07) is 8.26. The highest BCUT2D eigenvalue weighted by Gasteiger charge is 2.25. The highest BCUT2D eigenvalue weighted by atomic mass is 35.5. The molecule has 0 amide bonds. The minimum absolute atomic E-state index is 0.282. The van der Waals surface area contributed by atoms with Crippen molar-refractivity contribution >= 4 is 11.6 Å². The molecule has 1 heterocycles. The lowest BCUT2D eigenvalue weighted by atomic mass is 10.00. The quantitative estimate of drug-likeness (QED) is 0.854. The summed E-state index contributed by atoms with van der Waals surface area (Å²) in [5, 5.41) is 4.09. The molecule has 0 aromatic heterocycles. The number of hydrogen-bond acceptors (Lipinski definition) is 2. The Morgan fingerprint density at radius 2 is 2.13 bits per heavy atom. The van der Waals surface area contributed by atoms with Crippen LogP contribution in [0.4, 0.5) is 0 Å². The molecule has 1 aliphatic heterocycles. The van der Waals surface area contributed by atoms with Crippen LogP contribution in [0.15, 0.2) is 24.3 Å². The molecule has 1 aliphatic rings. The van der Waals surface area contributed by atoms with Crippen LogP contribution in [0.25, 0.3) is 0 Å². The van der Waals surface area contributed by atoms with E-state index in [1.54, 1.807) is 0 Å². The van der Waals surface area contributed by atoms with Crippen LogP contribution in [-0.4, -0.2) is 19.8 Å². The smallest absolute Gasteiger partial charge is 0.0770 e. The third kappa shape index (κ3) is 2.51. The molecule has 1 N–H and O–H groups in total. The van der Waals surface area contributed by atoms with E-state index in [0.717, 1.165) is 24.5 Å². The van der Waals surface area contributed by atoms with E-state index in [0.29, 0.717) is 6.10 Å². The molecule has 2 rings (SSSR count). The van der Waals surface area contributed by atoms with Crippen molar-refractivity contribution in [2.24, 2.45) is 0 Å². The van der Waals surface area contributed by atoms with Crippen LogP contribution >= 0.6 is 11.6 Å². The average molecular weight is 226 g/mol. The van der Waals surface area contributed by atoms with Crippen molar-refractivity contribution in [2.75, 3.05) is 13.7 Å². The number of hydrogen-bond donors (Lipinski definition) is 1. The fraction of sp³-hybridized carbons (Fsp3) is 0.500. The average Bonchev–Trinajstić information content (AvgIpc) is 2.75. The van der Waals surface area contributed by atoms with Gasteiger partial charge in [-0.3, -0.25) is 0 Å². The predicted molar refractivity (Wildman–Crippen MR) is 62.2 cm³/mol. The molecule has 1 saturated heterocycles. The molecule has 3 heteroatoms. The Balaban J connectivity index is 2.14. The summed E-state index contributed by atoms with van der Waals surface area (Å²) in [6.45, 7) is 0.885. The predicted octanol–water partition coefficient (Wildman–Crippen LogP) is 2.78. The molecule has 2 nitrogen and oxygen atoms in total. The number of ether oxygens (including phenoxy) is 1. The lowest BCUT2D eigenvalue weighted by Gasteiger charge is -2.22. The van der Waals surface area contributed by atoms with E-state index in [1.807, 2.05) is 19.2 Å². The monoisotopic (exact) mass is 225 g/mol. The molecule has 2 atom stereocenters. The van der Waals surface area contributed by atoms with E-state index in [1.165, 1.54) is 5.56 Å². The molecule has 15 heavy (non-hydrogen) atoms. The Labute approximate surface area is 95.6 Å². The van der Waals surface area contributed by atoms with Crippen molar-refractivity contribution < 1.29 is 4.74 Å². The standard InChI is InChI=1S/C12H16ClNO/c1-14-12(11-3-2-8-15-11)9-4-6-10(13)7-5-9/h4-7,11-12,14H,2-3,8H2,1H3/t11-,12-/m0/s1. The largest absolute Gasteiger partial charge is 0.376 e. The van der Waals surface area contributed by atoms with Gasteiger partial charge in [0, 0.05) is 11.6 Å². The summed E-state index contributed by atoms with van der Waals surface area (Å²) in [6.07, 6.45) is 2.60. The molecule has 1 fully saturated rings. The normalized spacial score (nSPS) is 22.9. The van der Waals surface area contributed by atoms with Crippen molar-refractivity contribution in [1.82, 2.24) is 5.32 Å². The second kappa shape index (κ2) is 4.97. The van der Waals surface area contributed by atoms with Crippen molar-refractivity contribution in [2.45, 2.75) is 25.0 Å². The van der Waals surface area contributed by atoms with Crippen LogP contribution in [-0.2, 0) is 4.74 Å². The van der Waals surface area contributed by atoms with Crippen LogP contribution in [0.5, 0.6) is 0 Å². The zero-order valence-corrected chi connectivity index (χ0v) is 9.63. The van der Waals surface area contributed by atoms with Gasteiger partial charge in [0.15, 0.2) is 0 Å². The molecular weight excluding hydrogens is 210 g/mol. The second-order valence-corrected chi connectivity index (χ2v) is 4.31. The van der Waals surface area contributed by atoms with Gasteiger partial charge < -0.3 is 10.1 Å². The first-order valence-electron chi connectivity index (χ1n) is 5.35. The SMILES string of the molecule is CN[C@@H](c1ccc(Cl)cc1)[C@@H]1CCCO1.